The van der Waals surface area contributed by atoms with Crippen molar-refractivity contribution in [2.24, 2.45) is 0 Å². The fourth-order valence-corrected chi connectivity index (χ4v) is 6.46. The first kappa shape index (κ1) is 22.5. The Morgan fingerprint density at radius 3 is 1.56 bits per heavy atom. The van der Waals surface area contributed by atoms with Crippen molar-refractivity contribution in [2.75, 3.05) is 13.1 Å². The predicted molar refractivity (Wildman–Crippen MR) is 98.2 cm³/mol. The van der Waals surface area contributed by atoms with Gasteiger partial charge in [0.1, 0.15) is 18.0 Å². The lowest BCUT2D eigenvalue weighted by Gasteiger charge is -2.22. The maximum atomic E-state index is 12.8. The molecule has 0 saturated heterocycles. The lowest BCUT2D eigenvalue weighted by Crippen LogP contribution is -2.40. The zero-order chi connectivity index (χ0) is 19.7. The normalized spacial score (nSPS) is 11.6. The molecule has 0 atom stereocenters. The highest BCUT2D eigenvalue weighted by Crippen LogP contribution is 2.44. The Hall–Kier alpha value is -0.540. The minimum atomic E-state index is -4.80. The van der Waals surface area contributed by atoms with Crippen molar-refractivity contribution in [3.8, 4) is 0 Å². The summed E-state index contributed by atoms with van der Waals surface area (Å²) >= 11 is 12.1. The van der Waals surface area contributed by atoms with E-state index in [0.29, 0.717) is 0 Å². The van der Waals surface area contributed by atoms with Crippen molar-refractivity contribution in [3.63, 3.8) is 0 Å². The first-order valence-electron chi connectivity index (χ1n) is 5.85. The van der Waals surface area contributed by atoms with Crippen LogP contribution in [0.15, 0.2) is 22.8 Å². The van der Waals surface area contributed by atoms with Gasteiger partial charge in [-0.25, -0.2) is 13.2 Å². The minimum Gasteiger partial charge on any atom is -0.480 e. The van der Waals surface area contributed by atoms with Gasteiger partial charge in [0.25, 0.3) is 0 Å². The van der Waals surface area contributed by atoms with Gasteiger partial charge in [-0.3, -0.25) is 9.59 Å². The zero-order valence-corrected chi connectivity index (χ0v) is 18.8. The number of hydrogen-bond donors (Lipinski definition) is 3. The fraction of sp³-hybridized carbons (Fsp3) is 0.182. The van der Waals surface area contributed by atoms with Crippen molar-refractivity contribution in [2.45, 2.75) is 4.90 Å². The fourth-order valence-electron chi connectivity index (χ4n) is 1.70. The third-order valence-electron chi connectivity index (χ3n) is 2.66. The molecular weight excluding hydrogens is 626 g/mol. The molecule has 1 rings (SSSR count). The SMILES string of the molecule is O=C(O)CN(CC(=O)O)S(=O)(=O)c1c(Br)c(Br)c(Br)c(Br)c1C(=O)O. The first-order chi connectivity index (χ1) is 11.3. The Labute approximate surface area is 174 Å². The van der Waals surface area contributed by atoms with Crippen LogP contribution in [0, 0.1) is 0 Å². The van der Waals surface area contributed by atoms with Gasteiger partial charge < -0.3 is 15.3 Å². The summed E-state index contributed by atoms with van der Waals surface area (Å²) in [5.74, 6) is -4.83. The highest BCUT2D eigenvalue weighted by molar-refractivity contribution is 9.15. The Morgan fingerprint density at radius 1 is 0.800 bits per heavy atom. The summed E-state index contributed by atoms with van der Waals surface area (Å²) in [5.41, 5.74) is -0.692. The minimum absolute atomic E-state index is 0.126. The van der Waals surface area contributed by atoms with Crippen molar-refractivity contribution >= 4 is 91.7 Å². The summed E-state index contributed by atoms with van der Waals surface area (Å²) < 4.78 is 25.8. The van der Waals surface area contributed by atoms with Crippen LogP contribution in [-0.4, -0.2) is 59.0 Å². The second kappa shape index (κ2) is 8.43. The molecule has 14 heteroatoms. The summed E-state index contributed by atoms with van der Waals surface area (Å²) in [4.78, 5) is 32.6. The molecule has 0 amide bonds. The number of aliphatic carboxylic acids is 2. The van der Waals surface area contributed by atoms with Crippen LogP contribution in [0.2, 0.25) is 0 Å². The molecule has 3 N–H and O–H groups in total. The van der Waals surface area contributed by atoms with Crippen LogP contribution < -0.4 is 0 Å². The van der Waals surface area contributed by atoms with Gasteiger partial charge in [0.05, 0.1) is 10.0 Å². The Morgan fingerprint density at radius 2 is 1.20 bits per heavy atom. The van der Waals surface area contributed by atoms with Crippen LogP contribution in [0.3, 0.4) is 0 Å². The van der Waals surface area contributed by atoms with Gasteiger partial charge in [-0.1, -0.05) is 0 Å². The first-order valence-corrected chi connectivity index (χ1v) is 10.5. The molecule has 25 heavy (non-hydrogen) atoms. The van der Waals surface area contributed by atoms with E-state index in [1.54, 1.807) is 0 Å². The smallest absolute Gasteiger partial charge is 0.338 e. The number of hydrogen-bond acceptors (Lipinski definition) is 5. The Kier molecular flexibility index (Phi) is 7.59. The molecule has 0 unspecified atom stereocenters. The summed E-state index contributed by atoms with van der Waals surface area (Å²) in [7, 11) is -4.80. The van der Waals surface area contributed by atoms with E-state index >= 15 is 0 Å². The maximum Gasteiger partial charge on any atom is 0.338 e. The largest absolute Gasteiger partial charge is 0.480 e. The second-order valence-electron chi connectivity index (χ2n) is 4.33. The van der Waals surface area contributed by atoms with E-state index in [-0.39, 0.29) is 22.2 Å². The molecule has 0 spiro atoms. The van der Waals surface area contributed by atoms with Crippen LogP contribution in [0.25, 0.3) is 0 Å². The number of nitrogens with zero attached hydrogens (tertiary/aromatic N) is 1. The molecular formula is C11H7Br4NO8S. The van der Waals surface area contributed by atoms with E-state index in [9.17, 15) is 27.9 Å². The number of halogens is 4. The van der Waals surface area contributed by atoms with Crippen LogP contribution in [0.1, 0.15) is 10.4 Å². The summed E-state index contributed by atoms with van der Waals surface area (Å²) in [5, 5.41) is 27.1. The lowest BCUT2D eigenvalue weighted by atomic mass is 10.2. The summed E-state index contributed by atoms with van der Waals surface area (Å²) in [6.45, 7) is -2.32. The standard InChI is InChI=1S/C11H7Br4NO8S/c12-6-5(11(21)22)10(9(15)8(14)7(6)13)25(23,24)16(1-3(17)18)2-4(19)20/h1-2H2,(H,17,18)(H,19,20)(H,21,22). The number of aromatic carboxylic acids is 1. The maximum absolute atomic E-state index is 12.8. The third-order valence-corrected chi connectivity index (χ3v) is 9.55. The highest BCUT2D eigenvalue weighted by Gasteiger charge is 2.37. The molecule has 0 aliphatic heterocycles. The number of benzene rings is 1. The molecule has 0 aliphatic rings. The van der Waals surface area contributed by atoms with Gasteiger partial charge in [-0.05, 0) is 63.7 Å². The van der Waals surface area contributed by atoms with Gasteiger partial charge in [-0.15, -0.1) is 0 Å². The lowest BCUT2D eigenvalue weighted by molar-refractivity contribution is -0.139. The Balaban J connectivity index is 3.85. The van der Waals surface area contributed by atoms with E-state index in [2.05, 4.69) is 63.7 Å². The average molecular weight is 633 g/mol. The molecule has 0 fully saturated rings. The number of carbonyl (C=O) groups is 3. The molecule has 0 aromatic heterocycles. The summed E-state index contributed by atoms with van der Waals surface area (Å²) in [6.07, 6.45) is 0. The molecule has 1 aromatic carbocycles. The molecule has 0 bridgehead atoms. The zero-order valence-electron chi connectivity index (χ0n) is 11.7. The van der Waals surface area contributed by atoms with E-state index in [0.717, 1.165) is 0 Å². The number of carboxylic acids is 3. The molecule has 9 nitrogen and oxygen atoms in total. The predicted octanol–water partition coefficient (Wildman–Crippen LogP) is 2.59. The van der Waals surface area contributed by atoms with Crippen LogP contribution >= 0.6 is 63.7 Å². The van der Waals surface area contributed by atoms with E-state index < -0.39 is 51.5 Å². The third kappa shape index (κ3) is 4.80. The number of rotatable bonds is 7. The molecule has 138 valence electrons. The van der Waals surface area contributed by atoms with E-state index in [1.165, 1.54) is 0 Å². The van der Waals surface area contributed by atoms with Crippen molar-refractivity contribution in [3.05, 3.63) is 23.5 Å². The molecule has 0 aliphatic carbocycles. The van der Waals surface area contributed by atoms with E-state index in [4.69, 9.17) is 10.2 Å². The highest BCUT2D eigenvalue weighted by atomic mass is 79.9. The molecule has 0 heterocycles. The van der Waals surface area contributed by atoms with Crippen LogP contribution in [0.5, 0.6) is 0 Å². The molecule has 0 radical (unpaired) electrons. The van der Waals surface area contributed by atoms with Crippen LogP contribution in [0.4, 0.5) is 0 Å². The topological polar surface area (TPSA) is 149 Å². The molecule has 0 saturated carbocycles. The van der Waals surface area contributed by atoms with Crippen molar-refractivity contribution in [1.82, 2.24) is 4.31 Å². The quantitative estimate of drug-likeness (QED) is 0.307. The van der Waals surface area contributed by atoms with Gasteiger partial charge in [-0.2, -0.15) is 4.31 Å². The number of sulfonamides is 1. The van der Waals surface area contributed by atoms with Crippen LogP contribution in [-0.2, 0) is 19.6 Å². The van der Waals surface area contributed by atoms with E-state index in [1.807, 2.05) is 0 Å². The Bertz CT molecular complexity index is 854. The van der Waals surface area contributed by atoms with Crippen molar-refractivity contribution in [1.29, 1.82) is 0 Å². The van der Waals surface area contributed by atoms with Gasteiger partial charge >= 0.3 is 17.9 Å². The van der Waals surface area contributed by atoms with Gasteiger partial charge in [0, 0.05) is 13.4 Å². The van der Waals surface area contributed by atoms with Gasteiger partial charge in [0.15, 0.2) is 0 Å². The number of carboxylic acid groups (broad SMARTS) is 3. The van der Waals surface area contributed by atoms with Gasteiger partial charge in [0.2, 0.25) is 10.0 Å². The summed E-state index contributed by atoms with van der Waals surface area (Å²) in [6, 6.07) is 0. The average Bonchev–Trinajstić information content (AvgIpc) is 2.46. The molecule has 1 aromatic rings. The monoisotopic (exact) mass is 629 g/mol. The second-order valence-corrected chi connectivity index (χ2v) is 9.37. The van der Waals surface area contributed by atoms with Crippen molar-refractivity contribution < 1.29 is 38.1 Å².